The molecule has 0 N–H and O–H groups in total. The molecule has 0 amide bonds. The van der Waals surface area contributed by atoms with Gasteiger partial charge < -0.3 is 4.42 Å². The fourth-order valence-electron chi connectivity index (χ4n) is 20.3. The molecule has 30 rings (SSSR count). The van der Waals surface area contributed by atoms with Gasteiger partial charge in [0.05, 0.1) is 89.7 Å². The molecule has 0 aliphatic rings. The summed E-state index contributed by atoms with van der Waals surface area (Å²) in [6, 6.07) is 161. The number of fused-ring (bicyclic) bond motifs is 24. The molecule has 0 unspecified atom stereocenters. The molecule has 0 fully saturated rings. The molecule has 12 heteroatoms. The molecule has 0 saturated carbocycles. The highest BCUT2D eigenvalue weighted by Crippen LogP contribution is 2.48. The first-order chi connectivity index (χ1) is 69.4. The summed E-state index contributed by atoms with van der Waals surface area (Å²) in [5, 5.41) is 24.3. The summed E-state index contributed by atoms with van der Waals surface area (Å²) < 4.78 is 14.0. The van der Waals surface area contributed by atoms with Crippen molar-refractivity contribution in [3.8, 4) is 90.1 Å². The number of rotatable bonds is 8. The minimum atomic E-state index is 0.876. The van der Waals surface area contributed by atoms with Crippen LogP contribution in [-0.2, 0) is 0 Å². The van der Waals surface area contributed by atoms with Gasteiger partial charge in [-0.2, -0.15) is 0 Å². The molecule has 0 aliphatic heterocycles. The summed E-state index contributed by atoms with van der Waals surface area (Å²) in [4.78, 5) is 41.5. The molecule has 0 saturated heterocycles. The second-order valence-electron chi connectivity index (χ2n) is 35.3. The molecule has 0 radical (unpaired) electrons. The Balaban J connectivity index is 0.0000000939. The van der Waals surface area contributed by atoms with Gasteiger partial charge in [-0.1, -0.05) is 352 Å². The first kappa shape index (κ1) is 81.7. The third-order valence-corrected chi connectivity index (χ3v) is 30.4. The van der Waals surface area contributed by atoms with Crippen molar-refractivity contribution in [1.29, 1.82) is 0 Å². The van der Waals surface area contributed by atoms with Crippen LogP contribution in [0.3, 0.4) is 0 Å². The lowest BCUT2D eigenvalue weighted by Crippen LogP contribution is -1.97. The Morgan fingerprint density at radius 1 is 0.143 bits per heavy atom. The van der Waals surface area contributed by atoms with E-state index in [1.165, 1.54) is 104 Å². The number of furan rings is 1. The Labute approximate surface area is 814 Å². The van der Waals surface area contributed by atoms with Crippen molar-refractivity contribution >= 4 is 225 Å². The van der Waals surface area contributed by atoms with Gasteiger partial charge in [0.25, 0.3) is 0 Å². The molecule has 9 nitrogen and oxygen atoms in total. The molecule has 8 aromatic heterocycles. The van der Waals surface area contributed by atoms with Crippen LogP contribution in [0.25, 0.3) is 281 Å². The van der Waals surface area contributed by atoms with E-state index in [1.807, 2.05) is 131 Å². The van der Waals surface area contributed by atoms with Crippen molar-refractivity contribution in [2.45, 2.75) is 0 Å². The van der Waals surface area contributed by atoms with Gasteiger partial charge in [-0.15, -0.1) is 34.0 Å². The van der Waals surface area contributed by atoms with E-state index in [4.69, 9.17) is 44.3 Å². The first-order valence-corrected chi connectivity index (χ1v) is 49.3. The quantitative estimate of drug-likeness (QED) is 0.137. The van der Waals surface area contributed by atoms with E-state index in [0.717, 1.165) is 178 Å². The topological polar surface area (TPSA) is 116 Å². The number of hydrogen-bond acceptors (Lipinski definition) is 12. The first-order valence-electron chi connectivity index (χ1n) is 46.9. The second-order valence-corrected chi connectivity index (χ2v) is 38.6. The van der Waals surface area contributed by atoms with Gasteiger partial charge in [-0.3, -0.25) is 0 Å². The fraction of sp³-hybridized carbons (Fsp3) is 0. The zero-order valence-corrected chi connectivity index (χ0v) is 77.5. The van der Waals surface area contributed by atoms with Crippen LogP contribution in [-0.4, -0.2) is 39.9 Å². The van der Waals surface area contributed by atoms with Gasteiger partial charge in [-0.05, 0) is 163 Å². The third kappa shape index (κ3) is 14.4. The largest absolute Gasteiger partial charge is 0.456 e. The molecular formula is C128H76N8OS3. The maximum Gasteiger partial charge on any atom is 0.136 e. The molecule has 30 aromatic rings. The Hall–Kier alpha value is -17.8. The van der Waals surface area contributed by atoms with Crippen molar-refractivity contribution in [1.82, 2.24) is 39.9 Å². The summed E-state index contributed by atoms with van der Waals surface area (Å²) in [6.45, 7) is 0. The average Bonchev–Trinajstić information content (AvgIpc) is 1.12. The van der Waals surface area contributed by atoms with Crippen LogP contribution in [0.15, 0.2) is 465 Å². The minimum absolute atomic E-state index is 0.876. The SMILES string of the molecule is c1ccc(-c2nc3c(ccc4ccccc43)nc2-c2cccc3cc4c(cc23)sc2ccccc24)cc1.c1ccc(-c2nc3ccc4ccccc4c3nc2-c2cccc3cc4c(cc23)sc2ccccc24)cc1.c1ccc(-c2nc3ccccc3nc2-c2cccc3cc4c(cc23)oc2ccccc24)cc1.c1ccc(-c2nc3ccccc3nc2-c2cccc3cc4c(cc23)sc2ccccc24)cc1. The van der Waals surface area contributed by atoms with E-state index in [0.29, 0.717) is 0 Å². The van der Waals surface area contributed by atoms with Crippen molar-refractivity contribution < 1.29 is 4.42 Å². The van der Waals surface area contributed by atoms with Crippen LogP contribution in [0.1, 0.15) is 0 Å². The third-order valence-electron chi connectivity index (χ3n) is 27.0. The van der Waals surface area contributed by atoms with E-state index < -0.39 is 0 Å². The molecule has 0 atom stereocenters. The van der Waals surface area contributed by atoms with Gasteiger partial charge in [-0.25, -0.2) is 39.9 Å². The van der Waals surface area contributed by atoms with Crippen molar-refractivity contribution in [2.75, 3.05) is 0 Å². The molecule has 140 heavy (non-hydrogen) atoms. The maximum atomic E-state index is 6.20. The van der Waals surface area contributed by atoms with Crippen molar-refractivity contribution in [2.24, 2.45) is 0 Å². The molecule has 22 aromatic carbocycles. The lowest BCUT2D eigenvalue weighted by molar-refractivity contribution is 0.669. The van der Waals surface area contributed by atoms with Gasteiger partial charge in [0.1, 0.15) is 11.2 Å². The number of aromatic nitrogens is 8. The predicted octanol–water partition coefficient (Wildman–Crippen LogP) is 35.8. The Kier molecular flexibility index (Phi) is 20.0. The highest BCUT2D eigenvalue weighted by Gasteiger charge is 2.25. The van der Waals surface area contributed by atoms with E-state index in [1.54, 1.807) is 0 Å². The van der Waals surface area contributed by atoms with Gasteiger partial charge >= 0.3 is 0 Å². The molecule has 652 valence electrons. The van der Waals surface area contributed by atoms with Crippen LogP contribution in [0, 0.1) is 0 Å². The summed E-state index contributed by atoms with van der Waals surface area (Å²) in [6.07, 6.45) is 0. The molecule has 0 aliphatic carbocycles. The summed E-state index contributed by atoms with van der Waals surface area (Å²) in [5.74, 6) is 0. The second kappa shape index (κ2) is 34.2. The van der Waals surface area contributed by atoms with Crippen LogP contribution in [0.2, 0.25) is 0 Å². The zero-order valence-electron chi connectivity index (χ0n) is 75.1. The molecule has 8 heterocycles. The van der Waals surface area contributed by atoms with Gasteiger partial charge in [0, 0.05) is 127 Å². The Morgan fingerprint density at radius 2 is 0.414 bits per heavy atom. The molecule has 0 spiro atoms. The number of benzene rings is 22. The van der Waals surface area contributed by atoms with Crippen LogP contribution < -0.4 is 0 Å². The number of nitrogens with zero attached hydrogens (tertiary/aromatic N) is 8. The van der Waals surface area contributed by atoms with Crippen LogP contribution >= 0.6 is 34.0 Å². The molecular weight excluding hydrogens is 1760 g/mol. The fourth-order valence-corrected chi connectivity index (χ4v) is 23.7. The summed E-state index contributed by atoms with van der Waals surface area (Å²) >= 11 is 5.55. The Morgan fingerprint density at radius 3 is 0.800 bits per heavy atom. The summed E-state index contributed by atoms with van der Waals surface area (Å²) in [5.41, 5.74) is 25.0. The normalized spacial score (nSPS) is 11.7. The van der Waals surface area contributed by atoms with Crippen LogP contribution in [0.5, 0.6) is 0 Å². The maximum absolute atomic E-state index is 6.20. The average molecular weight is 1840 g/mol. The number of thiophene rings is 3. The monoisotopic (exact) mass is 1840 g/mol. The van der Waals surface area contributed by atoms with Crippen LogP contribution in [0.4, 0.5) is 0 Å². The smallest absolute Gasteiger partial charge is 0.136 e. The number of hydrogen-bond donors (Lipinski definition) is 0. The lowest BCUT2D eigenvalue weighted by Gasteiger charge is -2.14. The highest BCUT2D eigenvalue weighted by atomic mass is 32.1. The lowest BCUT2D eigenvalue weighted by atomic mass is 9.96. The predicted molar refractivity (Wildman–Crippen MR) is 593 cm³/mol. The van der Waals surface area contributed by atoms with Crippen molar-refractivity contribution in [3.05, 3.63) is 461 Å². The Bertz CT molecular complexity index is 9980. The van der Waals surface area contributed by atoms with Gasteiger partial charge in [0.2, 0.25) is 0 Å². The van der Waals surface area contributed by atoms with E-state index in [9.17, 15) is 0 Å². The van der Waals surface area contributed by atoms with E-state index >= 15 is 0 Å². The molecule has 0 bridgehead atoms. The van der Waals surface area contributed by atoms with Crippen molar-refractivity contribution in [3.63, 3.8) is 0 Å². The van der Waals surface area contributed by atoms with E-state index in [2.05, 4.69) is 364 Å². The highest BCUT2D eigenvalue weighted by molar-refractivity contribution is 7.26. The zero-order chi connectivity index (χ0) is 92.2. The number of para-hydroxylation sites is 5. The standard InChI is InChI=1S/2C34H20N2S.C30H18N2O.C30H18N2S/c1-2-10-22(11-3-1)32-34(35-29-18-17-21-9-4-5-13-24(21)33(29)36-32)26-15-8-12-23-19-28-25-14-6-7-16-30(25)37-31(28)20-27(23)26;1-2-10-22(11-3-1)32-34(36-33-24-13-5-4-9-21(24)17-18-29(33)35-32)26-15-8-12-23-19-28-25-14-6-7-16-30(25)37-31(28)20-27(23)26;2*1-2-9-19(10-3-1)29-30(32-26-15-6-5-14-25(26)31-29)22-13-8-11-20-17-24-21-12-4-7-16-27(21)33-28(24)18-23(20)22/h2*1-20H;2*1-18H. The van der Waals surface area contributed by atoms with E-state index in [-0.39, 0.29) is 0 Å². The van der Waals surface area contributed by atoms with Gasteiger partial charge in [0.15, 0.2) is 0 Å². The summed E-state index contributed by atoms with van der Waals surface area (Å²) in [7, 11) is 0. The minimum Gasteiger partial charge on any atom is -0.456 e.